The van der Waals surface area contributed by atoms with Crippen LogP contribution in [0.5, 0.6) is 0 Å². The number of nitrogens with zero attached hydrogens (tertiary/aromatic N) is 3. The molecule has 2 aromatic heterocycles. The SMILES string of the molecule is Cc1nc(S[C@H](C)C(=O)N2CCNC2=O)c2c3c(sc2n1)CCC3. The summed E-state index contributed by atoms with van der Waals surface area (Å²) < 4.78 is 0. The van der Waals surface area contributed by atoms with E-state index < -0.39 is 0 Å². The van der Waals surface area contributed by atoms with Gasteiger partial charge in [-0.2, -0.15) is 0 Å². The van der Waals surface area contributed by atoms with Gasteiger partial charge in [0.1, 0.15) is 15.7 Å². The predicted octanol–water partition coefficient (Wildman–Crippen LogP) is 2.52. The van der Waals surface area contributed by atoms with Crippen molar-refractivity contribution in [2.75, 3.05) is 13.1 Å². The number of urea groups is 1. The lowest BCUT2D eigenvalue weighted by atomic mass is 10.2. The Morgan fingerprint density at radius 1 is 1.38 bits per heavy atom. The van der Waals surface area contributed by atoms with Gasteiger partial charge in [0.15, 0.2) is 0 Å². The second kappa shape index (κ2) is 6.00. The molecule has 126 valence electrons. The van der Waals surface area contributed by atoms with E-state index in [4.69, 9.17) is 0 Å². The molecule has 0 bridgehead atoms. The zero-order valence-electron chi connectivity index (χ0n) is 13.6. The molecule has 1 aliphatic carbocycles. The quantitative estimate of drug-likeness (QED) is 0.671. The highest BCUT2D eigenvalue weighted by Crippen LogP contribution is 2.41. The van der Waals surface area contributed by atoms with Crippen LogP contribution in [0.2, 0.25) is 0 Å². The fourth-order valence-corrected chi connectivity index (χ4v) is 5.73. The van der Waals surface area contributed by atoms with Crippen LogP contribution in [-0.2, 0) is 17.6 Å². The van der Waals surface area contributed by atoms with Gasteiger partial charge < -0.3 is 5.32 Å². The molecule has 1 fully saturated rings. The average Bonchev–Trinajstić information content (AvgIpc) is 3.21. The number of amides is 3. The van der Waals surface area contributed by atoms with E-state index in [2.05, 4.69) is 15.3 Å². The molecule has 3 amide bonds. The molecule has 8 heteroatoms. The van der Waals surface area contributed by atoms with Gasteiger partial charge >= 0.3 is 6.03 Å². The summed E-state index contributed by atoms with van der Waals surface area (Å²) in [6.07, 6.45) is 3.35. The Kier molecular flexibility index (Phi) is 3.96. The normalized spacial score (nSPS) is 18.1. The first-order valence-corrected chi connectivity index (χ1v) is 9.79. The maximum absolute atomic E-state index is 12.6. The van der Waals surface area contributed by atoms with E-state index in [0.29, 0.717) is 13.1 Å². The molecule has 1 saturated heterocycles. The van der Waals surface area contributed by atoms with Gasteiger partial charge in [-0.1, -0.05) is 11.8 Å². The maximum Gasteiger partial charge on any atom is 0.324 e. The number of imide groups is 1. The Balaban J connectivity index is 1.66. The van der Waals surface area contributed by atoms with Crippen molar-refractivity contribution in [3.8, 4) is 0 Å². The van der Waals surface area contributed by atoms with Gasteiger partial charge in [-0.15, -0.1) is 11.3 Å². The van der Waals surface area contributed by atoms with E-state index >= 15 is 0 Å². The third-order valence-corrected chi connectivity index (χ3v) is 6.66. The Morgan fingerprint density at radius 3 is 2.96 bits per heavy atom. The number of carbonyl (C=O) groups is 2. The smallest absolute Gasteiger partial charge is 0.324 e. The summed E-state index contributed by atoms with van der Waals surface area (Å²) in [6.45, 7) is 4.69. The van der Waals surface area contributed by atoms with Gasteiger partial charge in [0.25, 0.3) is 0 Å². The molecule has 6 nitrogen and oxygen atoms in total. The summed E-state index contributed by atoms with van der Waals surface area (Å²) in [6, 6.07) is -0.298. The highest BCUT2D eigenvalue weighted by molar-refractivity contribution is 8.00. The molecule has 2 aliphatic rings. The molecular formula is C16H18N4O2S2. The molecular weight excluding hydrogens is 344 g/mol. The minimum Gasteiger partial charge on any atom is -0.336 e. The van der Waals surface area contributed by atoms with Crippen molar-refractivity contribution in [2.45, 2.75) is 43.4 Å². The Morgan fingerprint density at radius 2 is 2.21 bits per heavy atom. The van der Waals surface area contributed by atoms with Crippen LogP contribution in [0.3, 0.4) is 0 Å². The summed E-state index contributed by atoms with van der Waals surface area (Å²) in [5.74, 6) is 0.565. The number of fused-ring (bicyclic) bond motifs is 3. The molecule has 0 radical (unpaired) electrons. The monoisotopic (exact) mass is 362 g/mol. The van der Waals surface area contributed by atoms with Crippen LogP contribution in [-0.4, -0.2) is 45.1 Å². The van der Waals surface area contributed by atoms with Crippen molar-refractivity contribution < 1.29 is 9.59 Å². The third-order valence-electron chi connectivity index (χ3n) is 4.40. The number of thiophene rings is 1. The van der Waals surface area contributed by atoms with Crippen molar-refractivity contribution >= 4 is 45.3 Å². The summed E-state index contributed by atoms with van der Waals surface area (Å²) in [5, 5.41) is 4.30. The van der Waals surface area contributed by atoms with Gasteiger partial charge in [-0.3, -0.25) is 9.69 Å². The number of aryl methyl sites for hydroxylation is 3. The zero-order valence-corrected chi connectivity index (χ0v) is 15.2. The number of carbonyl (C=O) groups excluding carboxylic acids is 2. The zero-order chi connectivity index (χ0) is 16.8. The second-order valence-electron chi connectivity index (χ2n) is 6.10. The third kappa shape index (κ3) is 2.57. The first kappa shape index (κ1) is 15.8. The molecule has 0 unspecified atom stereocenters. The second-order valence-corrected chi connectivity index (χ2v) is 8.51. The van der Waals surface area contributed by atoms with Crippen LogP contribution in [0.25, 0.3) is 10.2 Å². The lowest BCUT2D eigenvalue weighted by Crippen LogP contribution is -2.38. The van der Waals surface area contributed by atoms with E-state index in [1.807, 2.05) is 13.8 Å². The number of hydrogen-bond acceptors (Lipinski definition) is 6. The highest BCUT2D eigenvalue weighted by atomic mass is 32.2. The van der Waals surface area contributed by atoms with Crippen molar-refractivity contribution in [3.63, 3.8) is 0 Å². The van der Waals surface area contributed by atoms with Crippen molar-refractivity contribution in [1.82, 2.24) is 20.2 Å². The lowest BCUT2D eigenvalue weighted by Gasteiger charge is -2.17. The molecule has 0 spiro atoms. The largest absolute Gasteiger partial charge is 0.336 e. The molecule has 1 atom stereocenters. The van der Waals surface area contributed by atoms with Crippen molar-refractivity contribution in [3.05, 3.63) is 16.3 Å². The fourth-order valence-electron chi connectivity index (χ4n) is 3.27. The van der Waals surface area contributed by atoms with E-state index in [-0.39, 0.29) is 17.2 Å². The van der Waals surface area contributed by atoms with Gasteiger partial charge in [0, 0.05) is 23.4 Å². The first-order chi connectivity index (χ1) is 11.5. The van der Waals surface area contributed by atoms with Gasteiger partial charge in [0.2, 0.25) is 5.91 Å². The fraction of sp³-hybridized carbons (Fsp3) is 0.500. The molecule has 3 heterocycles. The van der Waals surface area contributed by atoms with Crippen molar-refractivity contribution in [1.29, 1.82) is 0 Å². The maximum atomic E-state index is 12.6. The summed E-state index contributed by atoms with van der Waals surface area (Å²) in [5.41, 5.74) is 1.36. The predicted molar refractivity (Wildman–Crippen MR) is 94.6 cm³/mol. The molecule has 4 rings (SSSR count). The van der Waals surface area contributed by atoms with E-state index in [9.17, 15) is 9.59 Å². The van der Waals surface area contributed by atoms with Crippen LogP contribution in [0.1, 0.15) is 29.6 Å². The summed E-state index contributed by atoms with van der Waals surface area (Å²) >= 11 is 3.19. The summed E-state index contributed by atoms with van der Waals surface area (Å²) in [4.78, 5) is 37.2. The van der Waals surface area contributed by atoms with Crippen molar-refractivity contribution in [2.24, 2.45) is 0 Å². The number of aromatic nitrogens is 2. The van der Waals surface area contributed by atoms with Crippen LogP contribution in [0.4, 0.5) is 4.79 Å². The molecule has 1 N–H and O–H groups in total. The van der Waals surface area contributed by atoms with E-state index in [1.54, 1.807) is 11.3 Å². The summed E-state index contributed by atoms with van der Waals surface area (Å²) in [7, 11) is 0. The number of nitrogens with one attached hydrogen (secondary N) is 1. The standard InChI is InChI=1S/C16H18N4O2S2/c1-8(15(21)20-7-6-17-16(20)22)23-13-12-10-4-3-5-11(10)24-14(12)19-9(2)18-13/h8H,3-7H2,1-2H3,(H,17,22)/t8-/m1/s1. The van der Waals surface area contributed by atoms with E-state index in [1.165, 1.54) is 33.5 Å². The minimum atomic E-state index is -0.358. The molecule has 24 heavy (non-hydrogen) atoms. The van der Waals surface area contributed by atoms with Gasteiger partial charge in [0.05, 0.1) is 5.25 Å². The Bertz CT molecular complexity index is 848. The van der Waals surface area contributed by atoms with Gasteiger partial charge in [-0.05, 0) is 38.7 Å². The first-order valence-electron chi connectivity index (χ1n) is 8.09. The van der Waals surface area contributed by atoms with Crippen LogP contribution in [0, 0.1) is 6.92 Å². The molecule has 2 aromatic rings. The van der Waals surface area contributed by atoms with Crippen LogP contribution < -0.4 is 5.32 Å². The Hall–Kier alpha value is -1.67. The highest BCUT2D eigenvalue weighted by Gasteiger charge is 2.31. The van der Waals surface area contributed by atoms with Gasteiger partial charge in [-0.25, -0.2) is 14.8 Å². The minimum absolute atomic E-state index is 0.161. The van der Waals surface area contributed by atoms with Crippen LogP contribution in [0.15, 0.2) is 5.03 Å². The molecule has 0 aromatic carbocycles. The topological polar surface area (TPSA) is 75.2 Å². The lowest BCUT2D eigenvalue weighted by molar-refractivity contribution is -0.126. The van der Waals surface area contributed by atoms with E-state index in [0.717, 1.165) is 33.9 Å². The molecule has 1 aliphatic heterocycles. The Labute approximate surface area is 148 Å². The van der Waals surface area contributed by atoms with Crippen LogP contribution >= 0.6 is 23.1 Å². The molecule has 0 saturated carbocycles. The number of hydrogen-bond donors (Lipinski definition) is 1. The number of rotatable bonds is 3. The number of thioether (sulfide) groups is 1. The average molecular weight is 362 g/mol.